The monoisotopic (exact) mass is 544 g/mol. The second kappa shape index (κ2) is 11.7. The fourth-order valence-corrected chi connectivity index (χ4v) is 4.18. The zero-order valence-electron chi connectivity index (χ0n) is 21.3. The fraction of sp³-hybridized carbons (Fsp3) is 0.259. The number of halogens is 1. The average molecular weight is 545 g/mol. The number of esters is 1. The number of aliphatic hydroxyl groups excluding tert-OH is 1. The maximum Gasteiger partial charge on any atom is 0.343 e. The first-order valence-electron chi connectivity index (χ1n) is 11.7. The van der Waals surface area contributed by atoms with Crippen LogP contribution in [0.4, 0.5) is 10.1 Å². The van der Waals surface area contributed by atoms with Crippen LogP contribution in [0.3, 0.4) is 0 Å². The van der Waals surface area contributed by atoms with Gasteiger partial charge in [-0.1, -0.05) is 42.5 Å². The van der Waals surface area contributed by atoms with Crippen molar-refractivity contribution in [2.75, 3.05) is 24.2 Å². The summed E-state index contributed by atoms with van der Waals surface area (Å²) >= 11 is 0. The van der Waals surface area contributed by atoms with Crippen molar-refractivity contribution >= 4 is 27.6 Å². The van der Waals surface area contributed by atoms with E-state index in [0.29, 0.717) is 5.56 Å². The van der Waals surface area contributed by atoms with E-state index in [1.165, 1.54) is 49.5 Å². The van der Waals surface area contributed by atoms with Crippen molar-refractivity contribution in [2.45, 2.75) is 25.1 Å². The molecule has 0 saturated carbocycles. The smallest absolute Gasteiger partial charge is 0.343 e. The van der Waals surface area contributed by atoms with Crippen LogP contribution < -0.4 is 15.4 Å². The molecule has 0 aliphatic heterocycles. The first-order valence-corrected chi connectivity index (χ1v) is 13.5. The highest BCUT2D eigenvalue weighted by Crippen LogP contribution is 2.24. The second-order valence-electron chi connectivity index (χ2n) is 9.14. The number of rotatable bonds is 10. The molecule has 1 amide bonds. The van der Waals surface area contributed by atoms with Crippen LogP contribution in [0.25, 0.3) is 0 Å². The van der Waals surface area contributed by atoms with E-state index in [-0.39, 0.29) is 23.2 Å². The summed E-state index contributed by atoms with van der Waals surface area (Å²) < 4.78 is 44.2. The third kappa shape index (κ3) is 7.37. The molecule has 9 nitrogen and oxygen atoms in total. The van der Waals surface area contributed by atoms with Gasteiger partial charge in [0, 0.05) is 12.6 Å². The number of anilines is 1. The minimum absolute atomic E-state index is 0.000585. The molecular formula is C27H31FN3O6S+. The lowest BCUT2D eigenvalue weighted by molar-refractivity contribution is -0.547. The van der Waals surface area contributed by atoms with Crippen LogP contribution in [0.5, 0.6) is 0 Å². The molecule has 1 unspecified atom stereocenters. The lowest BCUT2D eigenvalue weighted by atomic mass is 10.0. The van der Waals surface area contributed by atoms with Gasteiger partial charge >= 0.3 is 5.97 Å². The highest BCUT2D eigenvalue weighted by atomic mass is 32.2. The number of carbonyl (C=O) groups is 2. The van der Waals surface area contributed by atoms with Crippen molar-refractivity contribution in [3.8, 4) is 0 Å². The van der Waals surface area contributed by atoms with Crippen LogP contribution in [0.15, 0.2) is 72.8 Å². The third-order valence-electron chi connectivity index (χ3n) is 5.96. The van der Waals surface area contributed by atoms with E-state index in [1.807, 2.05) is 6.07 Å². The molecule has 0 bridgehead atoms. The number of amides is 1. The molecule has 2 atom stereocenters. The molecule has 3 aromatic rings. The number of hydrogen-bond acceptors (Lipinski definition) is 6. The van der Waals surface area contributed by atoms with E-state index >= 15 is 0 Å². The largest absolute Gasteiger partial charge is 0.403 e. The predicted octanol–water partition coefficient (Wildman–Crippen LogP) is 2.04. The molecule has 202 valence electrons. The van der Waals surface area contributed by atoms with Gasteiger partial charge in [-0.15, -0.1) is 0 Å². The maximum absolute atomic E-state index is 13.3. The van der Waals surface area contributed by atoms with Crippen LogP contribution >= 0.6 is 0 Å². The Balaban J connectivity index is 1.93. The number of carbonyl (C=O) groups excluding carboxylic acids is 2. The topological polar surface area (TPSA) is 141 Å². The summed E-state index contributed by atoms with van der Waals surface area (Å²) in [6.45, 7) is 1.13. The van der Waals surface area contributed by atoms with Crippen molar-refractivity contribution in [3.05, 3.63) is 101 Å². The van der Waals surface area contributed by atoms with E-state index in [1.54, 1.807) is 31.2 Å². The molecule has 3 aromatic carbocycles. The van der Waals surface area contributed by atoms with Gasteiger partial charge in [-0.3, -0.25) is 9.10 Å². The number of hydrogen-bond donors (Lipinski definition) is 3. The third-order valence-corrected chi connectivity index (χ3v) is 7.17. The van der Waals surface area contributed by atoms with Crippen molar-refractivity contribution in [1.29, 1.82) is 0 Å². The Labute approximate surface area is 221 Å². The lowest BCUT2D eigenvalue weighted by Gasteiger charge is -2.24. The summed E-state index contributed by atoms with van der Waals surface area (Å²) in [5.41, 5.74) is 3.74. The van der Waals surface area contributed by atoms with E-state index in [2.05, 4.69) is 11.1 Å². The molecule has 0 spiro atoms. The molecule has 0 aliphatic carbocycles. The molecule has 0 heterocycles. The number of ether oxygens (including phenoxy) is 1. The summed E-state index contributed by atoms with van der Waals surface area (Å²) in [5, 5.41) is 12.7. The fourth-order valence-electron chi connectivity index (χ4n) is 3.70. The summed E-state index contributed by atoms with van der Waals surface area (Å²) in [6.07, 6.45) is 1.11. The van der Waals surface area contributed by atoms with Gasteiger partial charge in [0.2, 0.25) is 10.0 Å². The molecule has 11 heteroatoms. The molecule has 0 saturated heterocycles. The second-order valence-corrected chi connectivity index (χ2v) is 11.2. The van der Waals surface area contributed by atoms with Gasteiger partial charge < -0.3 is 20.9 Å². The van der Waals surface area contributed by atoms with Gasteiger partial charge in [0.15, 0.2) is 0 Å². The normalized spacial score (nSPS) is 13.7. The molecule has 5 N–H and O–H groups in total. The summed E-state index contributed by atoms with van der Waals surface area (Å²) in [4.78, 5) is 26.3. The summed E-state index contributed by atoms with van der Waals surface area (Å²) in [7, 11) is -2.44. The van der Waals surface area contributed by atoms with Crippen molar-refractivity contribution in [3.63, 3.8) is 0 Å². The molecule has 0 aromatic heterocycles. The Hall–Kier alpha value is -3.80. The van der Waals surface area contributed by atoms with Crippen LogP contribution in [-0.4, -0.2) is 51.0 Å². The van der Waals surface area contributed by atoms with Crippen LogP contribution in [0.1, 0.15) is 44.8 Å². The van der Waals surface area contributed by atoms with Gasteiger partial charge in [-0.2, -0.15) is 0 Å². The minimum Gasteiger partial charge on any atom is -0.403 e. The Morgan fingerprint density at radius 1 is 1.08 bits per heavy atom. The molecular weight excluding hydrogens is 513 g/mol. The molecule has 0 fully saturated rings. The molecule has 38 heavy (non-hydrogen) atoms. The standard InChI is InChI=1S/C27H30FN3O6S/c1-18(20-9-11-23(28)12-10-20)30-25(33)21-13-22(15-24(14-21)31(2)38(3,35)36)26(34)37-27(29,17-32)16-19-7-5-4-6-8-19/h4-15,18,32H,16-17,29H2,1-3H3,(H,30,33)/p+1/t18-,27?/m1/s1. The predicted molar refractivity (Wildman–Crippen MR) is 140 cm³/mol. The SMILES string of the molecule is C[C@@H](NC(=O)c1cc(C(=O)OC([NH3+])(CO)Cc2ccccc2)cc(N(C)S(C)(=O)=O)c1)c1ccc(F)cc1. The number of sulfonamides is 1. The highest BCUT2D eigenvalue weighted by molar-refractivity contribution is 7.92. The van der Waals surface area contributed by atoms with E-state index in [0.717, 1.165) is 16.1 Å². The van der Waals surface area contributed by atoms with Gasteiger partial charge in [0.25, 0.3) is 11.6 Å². The Morgan fingerprint density at radius 3 is 2.26 bits per heavy atom. The Bertz CT molecular complexity index is 1400. The van der Waals surface area contributed by atoms with Crippen molar-refractivity contribution in [1.82, 2.24) is 5.32 Å². The molecule has 0 aliphatic rings. The van der Waals surface area contributed by atoms with Gasteiger partial charge in [0.05, 0.1) is 30.0 Å². The minimum atomic E-state index is -3.73. The maximum atomic E-state index is 13.3. The van der Waals surface area contributed by atoms with Gasteiger partial charge in [0.1, 0.15) is 12.4 Å². The quantitative estimate of drug-likeness (QED) is 0.264. The Morgan fingerprint density at radius 2 is 1.68 bits per heavy atom. The molecule has 3 rings (SSSR count). The van der Waals surface area contributed by atoms with Crippen LogP contribution in [0.2, 0.25) is 0 Å². The zero-order chi connectivity index (χ0) is 28.1. The summed E-state index contributed by atoms with van der Waals surface area (Å²) in [5.74, 6) is -1.90. The number of quaternary nitrogens is 1. The number of nitrogens with zero attached hydrogens (tertiary/aromatic N) is 1. The van der Waals surface area contributed by atoms with E-state index < -0.39 is 46.1 Å². The number of benzene rings is 3. The Kier molecular flexibility index (Phi) is 8.87. The first kappa shape index (κ1) is 28.8. The van der Waals surface area contributed by atoms with E-state index in [9.17, 15) is 27.5 Å². The number of nitrogens with one attached hydrogen (secondary N) is 1. The highest BCUT2D eigenvalue weighted by Gasteiger charge is 2.34. The van der Waals surface area contributed by atoms with Crippen LogP contribution in [-0.2, 0) is 21.2 Å². The average Bonchev–Trinajstić information content (AvgIpc) is 2.88. The van der Waals surface area contributed by atoms with Gasteiger partial charge in [-0.25, -0.2) is 17.6 Å². The summed E-state index contributed by atoms with van der Waals surface area (Å²) in [6, 6.07) is 18.0. The zero-order valence-corrected chi connectivity index (χ0v) is 22.2. The van der Waals surface area contributed by atoms with Crippen molar-refractivity contribution < 1.29 is 38.0 Å². The van der Waals surface area contributed by atoms with Crippen LogP contribution in [0, 0.1) is 5.82 Å². The molecule has 0 radical (unpaired) electrons. The number of aliphatic hydroxyl groups is 1. The van der Waals surface area contributed by atoms with Crippen molar-refractivity contribution in [2.24, 2.45) is 0 Å². The first-order chi connectivity index (χ1) is 17.8. The van der Waals surface area contributed by atoms with E-state index in [4.69, 9.17) is 4.74 Å². The van der Waals surface area contributed by atoms with Gasteiger partial charge in [-0.05, 0) is 48.4 Å². The lowest BCUT2D eigenvalue weighted by Crippen LogP contribution is -2.77.